The summed E-state index contributed by atoms with van der Waals surface area (Å²) in [4.78, 5) is 65.1. The number of phenols is 1. The molecule has 2 saturated heterocycles. The van der Waals surface area contributed by atoms with E-state index in [0.717, 1.165) is 17.0 Å². The van der Waals surface area contributed by atoms with Gasteiger partial charge >= 0.3 is 5.97 Å². The number of halogens is 3. The van der Waals surface area contributed by atoms with Gasteiger partial charge in [0.25, 0.3) is 11.8 Å². The van der Waals surface area contributed by atoms with E-state index in [1.165, 1.54) is 43.4 Å². The van der Waals surface area contributed by atoms with Gasteiger partial charge in [-0.3, -0.25) is 28.9 Å². The standard InChI is InChI=1S/C34H33Cl2FN2O9/c1-47-23-14-17(15-24(48-2)28(23)42)27-20-11-12-21-26(30(44)38(29(21)43)13-5-3-4-6-25(40)41)22(20)16-33(35)31(45)39(32(46)34(27,33)36)19-9-7-18(37)8-10-19/h7-11,14-15,21-22,26-27,42H,3-6,12-13,16H2,1-2H3,(H,40,41)/t21-,22+,26-,27-,33+,34-/m0/s1. The zero-order chi connectivity index (χ0) is 34.7. The van der Waals surface area contributed by atoms with Crippen LogP contribution in [0.15, 0.2) is 48.0 Å². The largest absolute Gasteiger partial charge is 0.502 e. The van der Waals surface area contributed by atoms with Gasteiger partial charge in [0.05, 0.1) is 31.7 Å². The van der Waals surface area contributed by atoms with Gasteiger partial charge in [-0.1, -0.05) is 18.1 Å². The van der Waals surface area contributed by atoms with Crippen LogP contribution in [0.1, 0.15) is 50.0 Å². The van der Waals surface area contributed by atoms with Gasteiger partial charge in [-0.2, -0.15) is 0 Å². The van der Waals surface area contributed by atoms with Crippen LogP contribution in [-0.2, 0) is 24.0 Å². The van der Waals surface area contributed by atoms with E-state index in [1.807, 2.05) is 0 Å². The second-order valence-corrected chi connectivity index (χ2v) is 13.8. The molecule has 254 valence electrons. The summed E-state index contributed by atoms with van der Waals surface area (Å²) < 4.78 is 24.7. The molecule has 11 nitrogen and oxygen atoms in total. The molecule has 0 spiro atoms. The van der Waals surface area contributed by atoms with Gasteiger partial charge < -0.3 is 19.7 Å². The maximum absolute atomic E-state index is 14.5. The van der Waals surface area contributed by atoms with E-state index in [1.54, 1.807) is 6.08 Å². The number of methoxy groups -OCH3 is 2. The number of allylic oxidation sites excluding steroid dienone is 2. The van der Waals surface area contributed by atoms with Crippen molar-refractivity contribution in [1.29, 1.82) is 0 Å². The fourth-order valence-corrected chi connectivity index (χ4v) is 8.80. The number of anilines is 1. The third-order valence-corrected chi connectivity index (χ3v) is 11.5. The molecule has 6 atom stereocenters. The Hall–Kier alpha value is -4.16. The number of ether oxygens (including phenoxy) is 2. The maximum Gasteiger partial charge on any atom is 0.303 e. The van der Waals surface area contributed by atoms with Gasteiger partial charge in [0.1, 0.15) is 5.82 Å². The van der Waals surface area contributed by atoms with Crippen molar-refractivity contribution in [3.63, 3.8) is 0 Å². The molecule has 4 amide bonds. The number of aliphatic carboxylic acids is 1. The topological polar surface area (TPSA) is 151 Å². The van der Waals surface area contributed by atoms with Crippen molar-refractivity contribution in [2.45, 2.75) is 54.2 Å². The lowest BCUT2D eigenvalue weighted by Crippen LogP contribution is -2.60. The van der Waals surface area contributed by atoms with Crippen LogP contribution in [0.2, 0.25) is 0 Å². The molecular weight excluding hydrogens is 670 g/mol. The van der Waals surface area contributed by atoms with Gasteiger partial charge in [-0.25, -0.2) is 9.29 Å². The Balaban J connectivity index is 1.46. The summed E-state index contributed by atoms with van der Waals surface area (Å²) >= 11 is 14.8. The number of amides is 4. The van der Waals surface area contributed by atoms with Crippen LogP contribution in [0, 0.1) is 23.6 Å². The third-order valence-electron chi connectivity index (χ3n) is 10.1. The number of rotatable bonds is 10. The summed E-state index contributed by atoms with van der Waals surface area (Å²) in [7, 11) is 2.66. The molecule has 0 aromatic heterocycles. The number of fused-ring (bicyclic) bond motifs is 4. The van der Waals surface area contributed by atoms with Crippen molar-refractivity contribution in [3.8, 4) is 17.2 Å². The number of aromatic hydroxyl groups is 1. The van der Waals surface area contributed by atoms with Crippen molar-refractivity contribution >= 4 is 58.5 Å². The Morgan fingerprint density at radius 1 is 0.958 bits per heavy atom. The first-order valence-corrected chi connectivity index (χ1v) is 16.3. The van der Waals surface area contributed by atoms with Crippen LogP contribution in [-0.4, -0.2) is 75.2 Å². The second kappa shape index (κ2) is 12.4. The number of phenolic OH excluding ortho intramolecular Hbond substituents is 1. The molecule has 14 heteroatoms. The molecule has 0 bridgehead atoms. The van der Waals surface area contributed by atoms with Gasteiger partial charge in [0.15, 0.2) is 21.2 Å². The Kier molecular flexibility index (Phi) is 8.70. The number of nitrogens with zero attached hydrogens (tertiary/aromatic N) is 2. The van der Waals surface area contributed by atoms with Crippen LogP contribution in [0.4, 0.5) is 10.1 Å². The minimum atomic E-state index is -2.17. The lowest BCUT2D eigenvalue weighted by atomic mass is 9.56. The molecule has 3 fully saturated rings. The highest BCUT2D eigenvalue weighted by molar-refractivity contribution is 6.58. The molecule has 1 saturated carbocycles. The van der Waals surface area contributed by atoms with Crippen LogP contribution >= 0.6 is 23.2 Å². The molecule has 0 unspecified atom stereocenters. The smallest absolute Gasteiger partial charge is 0.303 e. The number of benzene rings is 2. The number of hydrogen-bond donors (Lipinski definition) is 2. The number of carboxylic acids is 1. The number of carboxylic acid groups (broad SMARTS) is 1. The van der Waals surface area contributed by atoms with Gasteiger partial charge in [0.2, 0.25) is 17.6 Å². The summed E-state index contributed by atoms with van der Waals surface area (Å²) in [5, 5.41) is 19.6. The van der Waals surface area contributed by atoms with E-state index in [-0.39, 0.29) is 54.7 Å². The second-order valence-electron chi connectivity index (χ2n) is 12.6. The highest BCUT2D eigenvalue weighted by Crippen LogP contribution is 2.66. The number of hydrogen-bond acceptors (Lipinski definition) is 8. The average Bonchev–Trinajstić information content (AvgIpc) is 3.38. The number of carbonyl (C=O) groups excluding carboxylic acids is 4. The van der Waals surface area contributed by atoms with Crippen molar-refractivity contribution in [2.24, 2.45) is 17.8 Å². The van der Waals surface area contributed by atoms with E-state index in [0.29, 0.717) is 30.4 Å². The van der Waals surface area contributed by atoms with E-state index < -0.39 is 62.9 Å². The highest BCUT2D eigenvalue weighted by atomic mass is 35.5. The van der Waals surface area contributed by atoms with E-state index in [2.05, 4.69) is 0 Å². The summed E-state index contributed by atoms with van der Waals surface area (Å²) in [6.45, 7) is 0.114. The number of unbranched alkanes of at least 4 members (excludes halogenated alkanes) is 2. The zero-order valence-electron chi connectivity index (χ0n) is 26.1. The molecule has 2 aromatic rings. The zero-order valence-corrected chi connectivity index (χ0v) is 27.6. The Morgan fingerprint density at radius 2 is 1.60 bits per heavy atom. The fraction of sp³-hybridized carbons (Fsp3) is 0.441. The van der Waals surface area contributed by atoms with Crippen LogP contribution < -0.4 is 14.4 Å². The molecule has 2 heterocycles. The maximum atomic E-state index is 14.5. The van der Waals surface area contributed by atoms with Crippen LogP contribution in [0.5, 0.6) is 17.2 Å². The normalized spacial score (nSPS) is 29.4. The summed E-state index contributed by atoms with van der Waals surface area (Å²) in [5.41, 5.74) is 0.894. The summed E-state index contributed by atoms with van der Waals surface area (Å²) in [6.07, 6.45) is 3.01. The molecular formula is C34H33Cl2FN2O9. The van der Waals surface area contributed by atoms with E-state index in [4.69, 9.17) is 37.8 Å². The molecule has 4 aliphatic rings. The van der Waals surface area contributed by atoms with E-state index in [9.17, 15) is 33.5 Å². The number of likely N-dealkylation sites (tertiary alicyclic amines) is 1. The minimum absolute atomic E-state index is 0.00504. The molecule has 2 aromatic carbocycles. The predicted octanol–water partition coefficient (Wildman–Crippen LogP) is 4.76. The third kappa shape index (κ3) is 4.94. The van der Waals surface area contributed by atoms with Crippen molar-refractivity contribution in [2.75, 3.05) is 25.7 Å². The number of alkyl halides is 2. The predicted molar refractivity (Wildman–Crippen MR) is 171 cm³/mol. The quantitative estimate of drug-likeness (QED) is 0.155. The lowest BCUT2D eigenvalue weighted by Gasteiger charge is -2.50. The van der Waals surface area contributed by atoms with Crippen molar-refractivity contribution < 1.29 is 48.0 Å². The van der Waals surface area contributed by atoms with E-state index >= 15 is 0 Å². The molecule has 2 aliphatic carbocycles. The SMILES string of the molecule is COc1cc([C@H]2C3=CC[C@@H]4C(=O)N(CCCCCC(=O)O)C(=O)[C@@H]4[C@@H]3C[C@@]3(Cl)C(=O)N(c4ccc(F)cc4)C(=O)[C@@]23Cl)cc(OC)c1O. The van der Waals surface area contributed by atoms with Crippen molar-refractivity contribution in [3.05, 3.63) is 59.4 Å². The van der Waals surface area contributed by atoms with Gasteiger partial charge in [-0.05, 0) is 73.6 Å². The Labute approximate surface area is 285 Å². The minimum Gasteiger partial charge on any atom is -0.502 e. The summed E-state index contributed by atoms with van der Waals surface area (Å²) in [6, 6.07) is 7.64. The number of carbonyl (C=O) groups is 5. The fourth-order valence-electron chi connectivity index (χ4n) is 7.86. The van der Waals surface area contributed by atoms with Crippen LogP contribution in [0.25, 0.3) is 0 Å². The number of imide groups is 2. The highest BCUT2D eigenvalue weighted by Gasteiger charge is 2.76. The summed E-state index contributed by atoms with van der Waals surface area (Å²) in [5.74, 6) is -7.94. The first kappa shape index (κ1) is 33.7. The Morgan fingerprint density at radius 3 is 2.21 bits per heavy atom. The monoisotopic (exact) mass is 702 g/mol. The first-order chi connectivity index (χ1) is 22.8. The van der Waals surface area contributed by atoms with Crippen LogP contribution in [0.3, 0.4) is 0 Å². The molecule has 48 heavy (non-hydrogen) atoms. The molecule has 2 aliphatic heterocycles. The lowest BCUT2D eigenvalue weighted by molar-refractivity contribution is -0.141. The molecule has 0 radical (unpaired) electrons. The van der Waals surface area contributed by atoms with Gasteiger partial charge in [-0.15, -0.1) is 23.2 Å². The average molecular weight is 704 g/mol. The molecule has 2 N–H and O–H groups in total. The van der Waals surface area contributed by atoms with Crippen molar-refractivity contribution in [1.82, 2.24) is 4.90 Å². The Bertz CT molecular complexity index is 1730. The first-order valence-electron chi connectivity index (χ1n) is 15.5. The van der Waals surface area contributed by atoms with Gasteiger partial charge in [0, 0.05) is 18.9 Å². The molecule has 6 rings (SSSR count).